The second-order valence-electron chi connectivity index (χ2n) is 4.40. The number of carbonyl (C=O) groups is 2. The summed E-state index contributed by atoms with van der Waals surface area (Å²) >= 11 is 0. The number of carbonyl (C=O) groups excluding carboxylic acids is 2. The van der Waals surface area contributed by atoms with Gasteiger partial charge in [0.2, 0.25) is 0 Å². The smallest absolute Gasteiger partial charge is 0.350 e. The maximum absolute atomic E-state index is 11.9. The van der Waals surface area contributed by atoms with E-state index < -0.39 is 28.9 Å². The van der Waals surface area contributed by atoms with Crippen LogP contribution in [0.1, 0.15) is 19.4 Å². The second-order valence-corrected chi connectivity index (χ2v) is 4.40. The third-order valence-electron chi connectivity index (χ3n) is 2.83. The van der Waals surface area contributed by atoms with Crippen LogP contribution in [0.3, 0.4) is 0 Å². The third-order valence-corrected chi connectivity index (χ3v) is 2.83. The summed E-state index contributed by atoms with van der Waals surface area (Å²) in [7, 11) is 0. The summed E-state index contributed by atoms with van der Waals surface area (Å²) in [6.45, 7) is 3.05. The number of nitro benzene ring substituents is 1. The van der Waals surface area contributed by atoms with Crippen LogP contribution >= 0.6 is 0 Å². The summed E-state index contributed by atoms with van der Waals surface area (Å²) in [5, 5.41) is 21.0. The number of non-ortho nitro benzene ring substituents is 1. The number of nitrogens with zero attached hydrogens (tertiary/aromatic N) is 1. The molecule has 0 atom stereocenters. The van der Waals surface area contributed by atoms with Gasteiger partial charge in [0.05, 0.1) is 18.1 Å². The molecule has 1 N–H and O–H groups in total. The molecule has 8 heteroatoms. The Morgan fingerprint density at radius 3 is 1.95 bits per heavy atom. The summed E-state index contributed by atoms with van der Waals surface area (Å²) in [5.41, 5.74) is -2.27. The fourth-order valence-electron chi connectivity index (χ4n) is 1.76. The van der Waals surface area contributed by atoms with Gasteiger partial charge in [-0.2, -0.15) is 0 Å². The van der Waals surface area contributed by atoms with Crippen molar-refractivity contribution in [2.75, 3.05) is 13.2 Å². The minimum absolute atomic E-state index is 0.0131. The van der Waals surface area contributed by atoms with E-state index in [-0.39, 0.29) is 18.9 Å². The monoisotopic (exact) mass is 311 g/mol. The van der Waals surface area contributed by atoms with E-state index in [0.717, 1.165) is 0 Å². The molecule has 0 aliphatic carbocycles. The van der Waals surface area contributed by atoms with E-state index in [1.54, 1.807) is 0 Å². The zero-order valence-electron chi connectivity index (χ0n) is 12.3. The standard InChI is InChI=1S/C14H17NO7/c1-3-21-12(16)14(18,13(17)22-4-2)9-10-5-7-11(8-6-10)15(19)20/h5-8,18H,3-4,9H2,1-2H3. The third kappa shape index (κ3) is 4.01. The van der Waals surface area contributed by atoms with Crippen molar-refractivity contribution in [3.63, 3.8) is 0 Å². The van der Waals surface area contributed by atoms with Crippen LogP contribution in [-0.2, 0) is 25.5 Å². The summed E-state index contributed by atoms with van der Waals surface area (Å²) in [6, 6.07) is 5.13. The summed E-state index contributed by atoms with van der Waals surface area (Å²) in [4.78, 5) is 33.8. The molecule has 0 radical (unpaired) electrons. The Bertz CT molecular complexity index is 535. The lowest BCUT2D eigenvalue weighted by molar-refractivity contribution is -0.384. The first-order valence-electron chi connectivity index (χ1n) is 6.65. The number of hydrogen-bond acceptors (Lipinski definition) is 7. The molecule has 1 rings (SSSR count). The van der Waals surface area contributed by atoms with Gasteiger partial charge in [0.15, 0.2) is 0 Å². The number of benzene rings is 1. The Morgan fingerprint density at radius 1 is 1.14 bits per heavy atom. The van der Waals surface area contributed by atoms with Gasteiger partial charge in [-0.15, -0.1) is 0 Å². The molecular weight excluding hydrogens is 294 g/mol. The van der Waals surface area contributed by atoms with Crippen molar-refractivity contribution in [3.8, 4) is 0 Å². The molecule has 0 aliphatic heterocycles. The molecule has 0 heterocycles. The first-order chi connectivity index (χ1) is 10.3. The van der Waals surface area contributed by atoms with E-state index in [2.05, 4.69) is 0 Å². The fourth-order valence-corrected chi connectivity index (χ4v) is 1.76. The van der Waals surface area contributed by atoms with Gasteiger partial charge < -0.3 is 14.6 Å². The highest BCUT2D eigenvalue weighted by Crippen LogP contribution is 2.20. The van der Waals surface area contributed by atoms with Crippen molar-refractivity contribution in [3.05, 3.63) is 39.9 Å². The maximum atomic E-state index is 11.9. The van der Waals surface area contributed by atoms with Gasteiger partial charge in [-0.05, 0) is 19.4 Å². The summed E-state index contributed by atoms with van der Waals surface area (Å²) < 4.78 is 9.42. The Labute approximate surface area is 126 Å². The van der Waals surface area contributed by atoms with Gasteiger partial charge >= 0.3 is 11.9 Å². The first kappa shape index (κ1) is 17.6. The van der Waals surface area contributed by atoms with Gasteiger partial charge in [-0.3, -0.25) is 10.1 Å². The van der Waals surface area contributed by atoms with Crippen LogP contribution in [0.2, 0.25) is 0 Å². The predicted octanol–water partition coefficient (Wildman–Crippen LogP) is 0.995. The van der Waals surface area contributed by atoms with E-state index in [9.17, 15) is 24.8 Å². The Hall–Kier alpha value is -2.48. The molecule has 120 valence electrons. The molecule has 0 aliphatic rings. The first-order valence-corrected chi connectivity index (χ1v) is 6.65. The summed E-state index contributed by atoms with van der Waals surface area (Å²) in [6.07, 6.45) is -0.400. The molecular formula is C14H17NO7. The summed E-state index contributed by atoms with van der Waals surface area (Å²) in [5.74, 6) is -2.24. The van der Waals surface area contributed by atoms with E-state index >= 15 is 0 Å². The van der Waals surface area contributed by atoms with Crippen LogP contribution in [0.5, 0.6) is 0 Å². The molecule has 0 unspecified atom stereocenters. The minimum Gasteiger partial charge on any atom is -0.463 e. The number of aliphatic hydroxyl groups is 1. The Kier molecular flexibility index (Phi) is 6.00. The van der Waals surface area contributed by atoms with Crippen LogP contribution in [0.4, 0.5) is 5.69 Å². The van der Waals surface area contributed by atoms with Crippen molar-refractivity contribution in [1.82, 2.24) is 0 Å². The van der Waals surface area contributed by atoms with Crippen LogP contribution < -0.4 is 0 Å². The highest BCUT2D eigenvalue weighted by Gasteiger charge is 2.47. The molecule has 0 saturated heterocycles. The molecule has 0 fully saturated rings. The largest absolute Gasteiger partial charge is 0.463 e. The molecule has 0 bridgehead atoms. The Morgan fingerprint density at radius 2 is 1.59 bits per heavy atom. The molecule has 8 nitrogen and oxygen atoms in total. The molecule has 0 amide bonds. The van der Waals surface area contributed by atoms with E-state index in [4.69, 9.17) is 9.47 Å². The lowest BCUT2D eigenvalue weighted by atomic mass is 9.94. The second kappa shape index (κ2) is 7.51. The number of rotatable bonds is 7. The molecule has 1 aromatic carbocycles. The number of nitro groups is 1. The van der Waals surface area contributed by atoms with Crippen LogP contribution in [0.25, 0.3) is 0 Å². The maximum Gasteiger partial charge on any atom is 0.350 e. The number of hydrogen-bond donors (Lipinski definition) is 1. The van der Waals surface area contributed by atoms with Gasteiger partial charge in [-0.25, -0.2) is 9.59 Å². The van der Waals surface area contributed by atoms with Crippen LogP contribution in [-0.4, -0.2) is 40.8 Å². The lowest BCUT2D eigenvalue weighted by Gasteiger charge is -2.23. The zero-order chi connectivity index (χ0) is 16.8. The van der Waals surface area contributed by atoms with Gasteiger partial charge in [0.1, 0.15) is 0 Å². The van der Waals surface area contributed by atoms with Crippen molar-refractivity contribution in [2.45, 2.75) is 25.9 Å². The van der Waals surface area contributed by atoms with Crippen molar-refractivity contribution < 1.29 is 29.1 Å². The van der Waals surface area contributed by atoms with E-state index in [1.807, 2.05) is 0 Å². The van der Waals surface area contributed by atoms with Crippen LogP contribution in [0, 0.1) is 10.1 Å². The highest BCUT2D eigenvalue weighted by molar-refractivity contribution is 6.03. The minimum atomic E-state index is -2.48. The van der Waals surface area contributed by atoms with Gasteiger partial charge in [-0.1, -0.05) is 12.1 Å². The predicted molar refractivity (Wildman–Crippen MR) is 75.0 cm³/mol. The lowest BCUT2D eigenvalue weighted by Crippen LogP contribution is -2.50. The molecule has 22 heavy (non-hydrogen) atoms. The molecule has 0 aromatic heterocycles. The van der Waals surface area contributed by atoms with Gasteiger partial charge in [0.25, 0.3) is 11.3 Å². The van der Waals surface area contributed by atoms with Gasteiger partial charge in [0, 0.05) is 18.6 Å². The Balaban J connectivity index is 3.04. The number of ether oxygens (including phenoxy) is 2. The average Bonchev–Trinajstić information content (AvgIpc) is 2.48. The normalized spacial score (nSPS) is 10.9. The van der Waals surface area contributed by atoms with E-state index in [0.29, 0.717) is 5.56 Å². The molecule has 1 aromatic rings. The highest BCUT2D eigenvalue weighted by atomic mass is 16.6. The number of esters is 2. The fraction of sp³-hybridized carbons (Fsp3) is 0.429. The molecule has 0 spiro atoms. The average molecular weight is 311 g/mol. The molecule has 0 saturated carbocycles. The van der Waals surface area contributed by atoms with Crippen LogP contribution in [0.15, 0.2) is 24.3 Å². The van der Waals surface area contributed by atoms with Crippen molar-refractivity contribution in [2.24, 2.45) is 0 Å². The quantitative estimate of drug-likeness (QED) is 0.345. The SMILES string of the molecule is CCOC(=O)C(O)(Cc1ccc([N+](=O)[O-])cc1)C(=O)OCC. The van der Waals surface area contributed by atoms with Crippen molar-refractivity contribution in [1.29, 1.82) is 0 Å². The van der Waals surface area contributed by atoms with E-state index in [1.165, 1.54) is 38.1 Å². The zero-order valence-corrected chi connectivity index (χ0v) is 12.3. The van der Waals surface area contributed by atoms with Crippen molar-refractivity contribution >= 4 is 17.6 Å². The topological polar surface area (TPSA) is 116 Å².